The first kappa shape index (κ1) is 22.1. The lowest BCUT2D eigenvalue weighted by Crippen LogP contribution is -2.20. The highest BCUT2D eigenvalue weighted by Gasteiger charge is 2.17. The van der Waals surface area contributed by atoms with E-state index in [4.69, 9.17) is 9.72 Å². The smallest absolute Gasteiger partial charge is 0.260 e. The zero-order valence-electron chi connectivity index (χ0n) is 19.2. The van der Waals surface area contributed by atoms with Gasteiger partial charge >= 0.3 is 0 Å². The Hall–Kier alpha value is -4.72. The van der Waals surface area contributed by atoms with Crippen LogP contribution in [0, 0.1) is 0 Å². The van der Waals surface area contributed by atoms with E-state index in [9.17, 15) is 14.4 Å². The van der Waals surface area contributed by atoms with Crippen LogP contribution in [0.25, 0.3) is 28.1 Å². The predicted octanol–water partition coefficient (Wildman–Crippen LogP) is 4.17. The van der Waals surface area contributed by atoms with Gasteiger partial charge in [0.15, 0.2) is 5.78 Å². The van der Waals surface area contributed by atoms with E-state index in [1.54, 1.807) is 48.1 Å². The van der Waals surface area contributed by atoms with Gasteiger partial charge in [-0.15, -0.1) is 0 Å². The summed E-state index contributed by atoms with van der Waals surface area (Å²) in [6.45, 7) is 1.44. The van der Waals surface area contributed by atoms with Crippen molar-refractivity contribution in [1.29, 1.82) is 0 Å². The van der Waals surface area contributed by atoms with Crippen molar-refractivity contribution in [2.24, 2.45) is 0 Å². The van der Waals surface area contributed by atoms with Crippen LogP contribution >= 0.6 is 0 Å². The third kappa shape index (κ3) is 4.17. The molecule has 0 unspecified atom stereocenters. The standard InChI is InChI=1S/C27H22N4O4/c1-17(32)18-7-11-20(12-8-18)28-25(33)16-30-23-5-3-4-6-24(23)31-26(34)15-22(29-27(30)31)19-9-13-21(35-2)14-10-19/h3-15H,16H2,1-2H3,(H,28,33). The van der Waals surface area contributed by atoms with E-state index in [0.29, 0.717) is 39.5 Å². The maximum absolute atomic E-state index is 13.1. The molecule has 0 radical (unpaired) electrons. The summed E-state index contributed by atoms with van der Waals surface area (Å²) in [6, 6.07) is 22.8. The number of carbonyl (C=O) groups is 2. The molecule has 2 aromatic heterocycles. The first-order valence-electron chi connectivity index (χ1n) is 11.0. The number of benzene rings is 3. The molecular weight excluding hydrogens is 444 g/mol. The second-order valence-corrected chi connectivity index (χ2v) is 8.10. The number of Topliss-reactive ketones (excluding diaryl/α,β-unsaturated/α-hetero) is 1. The Kier molecular flexibility index (Phi) is 5.62. The number of ketones is 1. The van der Waals surface area contributed by atoms with Crippen LogP contribution in [-0.2, 0) is 11.3 Å². The van der Waals surface area contributed by atoms with Crippen LogP contribution in [0.2, 0.25) is 0 Å². The van der Waals surface area contributed by atoms with Crippen LogP contribution in [0.3, 0.4) is 0 Å². The summed E-state index contributed by atoms with van der Waals surface area (Å²) in [4.78, 5) is 42.4. The minimum atomic E-state index is -0.284. The number of anilines is 1. The average molecular weight is 466 g/mol. The summed E-state index contributed by atoms with van der Waals surface area (Å²) in [6.07, 6.45) is 0. The minimum absolute atomic E-state index is 0.0441. The number of aromatic nitrogens is 3. The number of hydrogen-bond donors (Lipinski definition) is 1. The number of para-hydroxylation sites is 2. The van der Waals surface area contributed by atoms with Gasteiger partial charge in [-0.3, -0.25) is 14.4 Å². The van der Waals surface area contributed by atoms with Gasteiger partial charge in [0, 0.05) is 22.9 Å². The third-order valence-electron chi connectivity index (χ3n) is 5.82. The van der Waals surface area contributed by atoms with Crippen molar-refractivity contribution in [1.82, 2.24) is 14.0 Å². The number of nitrogens with one attached hydrogen (secondary N) is 1. The van der Waals surface area contributed by atoms with Crippen LogP contribution in [-0.4, -0.2) is 32.8 Å². The summed E-state index contributed by atoms with van der Waals surface area (Å²) in [5, 5.41) is 2.85. The molecule has 0 aliphatic heterocycles. The van der Waals surface area contributed by atoms with E-state index < -0.39 is 0 Å². The molecule has 5 rings (SSSR count). The topological polar surface area (TPSA) is 94.7 Å². The molecule has 8 heteroatoms. The van der Waals surface area contributed by atoms with Crippen molar-refractivity contribution in [3.05, 3.63) is 94.8 Å². The Labute approximate surface area is 200 Å². The summed E-state index contributed by atoms with van der Waals surface area (Å²) in [5.74, 6) is 0.741. The molecule has 35 heavy (non-hydrogen) atoms. The quantitative estimate of drug-likeness (QED) is 0.379. The molecule has 0 bridgehead atoms. The monoisotopic (exact) mass is 466 g/mol. The SMILES string of the molecule is COc1ccc(-c2cc(=O)n3c4ccccc4n(CC(=O)Nc4ccc(C(C)=O)cc4)c3n2)cc1. The number of ether oxygens (including phenoxy) is 1. The van der Waals surface area contributed by atoms with Gasteiger partial charge in [-0.05, 0) is 67.6 Å². The van der Waals surface area contributed by atoms with Crippen molar-refractivity contribution in [3.8, 4) is 17.0 Å². The maximum atomic E-state index is 13.1. The van der Waals surface area contributed by atoms with Crippen LogP contribution in [0.5, 0.6) is 5.75 Å². The number of hydrogen-bond acceptors (Lipinski definition) is 5. The molecule has 0 aliphatic carbocycles. The number of rotatable bonds is 6. The molecule has 174 valence electrons. The zero-order chi connectivity index (χ0) is 24.5. The molecule has 1 amide bonds. The summed E-state index contributed by atoms with van der Waals surface area (Å²) in [5.41, 5.74) is 3.55. The summed E-state index contributed by atoms with van der Waals surface area (Å²) in [7, 11) is 1.59. The summed E-state index contributed by atoms with van der Waals surface area (Å²) >= 11 is 0. The van der Waals surface area contributed by atoms with Crippen molar-refractivity contribution in [2.45, 2.75) is 13.5 Å². The lowest BCUT2D eigenvalue weighted by molar-refractivity contribution is -0.116. The molecule has 0 atom stereocenters. The first-order chi connectivity index (χ1) is 16.9. The molecule has 3 aromatic carbocycles. The van der Waals surface area contributed by atoms with Crippen LogP contribution in [0.1, 0.15) is 17.3 Å². The normalized spacial score (nSPS) is 11.0. The molecule has 0 fully saturated rings. The number of carbonyl (C=O) groups excluding carboxylic acids is 2. The Morgan fingerprint density at radius 3 is 2.29 bits per heavy atom. The highest BCUT2D eigenvalue weighted by molar-refractivity contribution is 5.96. The van der Waals surface area contributed by atoms with Crippen LogP contribution in [0.15, 0.2) is 83.7 Å². The fraction of sp³-hybridized carbons (Fsp3) is 0.111. The average Bonchev–Trinajstić information content (AvgIpc) is 3.18. The fourth-order valence-corrected chi connectivity index (χ4v) is 4.06. The third-order valence-corrected chi connectivity index (χ3v) is 5.82. The van der Waals surface area contributed by atoms with E-state index in [0.717, 1.165) is 5.56 Å². The minimum Gasteiger partial charge on any atom is -0.497 e. The second-order valence-electron chi connectivity index (χ2n) is 8.10. The number of nitrogens with zero attached hydrogens (tertiary/aromatic N) is 3. The van der Waals surface area contributed by atoms with Gasteiger partial charge in [0.1, 0.15) is 12.3 Å². The van der Waals surface area contributed by atoms with Crippen molar-refractivity contribution in [2.75, 3.05) is 12.4 Å². The second kappa shape index (κ2) is 8.90. The van der Waals surface area contributed by atoms with Crippen molar-refractivity contribution in [3.63, 3.8) is 0 Å². The van der Waals surface area contributed by atoms with Crippen molar-refractivity contribution >= 4 is 34.2 Å². The number of imidazole rings is 1. The number of methoxy groups -OCH3 is 1. The molecule has 0 saturated carbocycles. The lowest BCUT2D eigenvalue weighted by Gasteiger charge is -2.09. The van der Waals surface area contributed by atoms with Crippen molar-refractivity contribution < 1.29 is 14.3 Å². The Bertz CT molecular complexity index is 1630. The van der Waals surface area contributed by atoms with Gasteiger partial charge in [0.25, 0.3) is 5.56 Å². The Balaban J connectivity index is 1.56. The highest BCUT2D eigenvalue weighted by atomic mass is 16.5. The van der Waals surface area contributed by atoms with Gasteiger partial charge < -0.3 is 14.6 Å². The highest BCUT2D eigenvalue weighted by Crippen LogP contribution is 2.23. The molecule has 0 spiro atoms. The van der Waals surface area contributed by atoms with Gasteiger partial charge in [0.05, 0.1) is 23.8 Å². The molecule has 0 aliphatic rings. The van der Waals surface area contributed by atoms with Gasteiger partial charge in [0.2, 0.25) is 11.7 Å². The van der Waals surface area contributed by atoms with E-state index in [1.165, 1.54) is 17.4 Å². The first-order valence-corrected chi connectivity index (χ1v) is 11.0. The van der Waals surface area contributed by atoms with E-state index in [2.05, 4.69) is 5.32 Å². The van der Waals surface area contributed by atoms with E-state index >= 15 is 0 Å². The van der Waals surface area contributed by atoms with Gasteiger partial charge in [-0.1, -0.05) is 12.1 Å². The fourth-order valence-electron chi connectivity index (χ4n) is 4.06. The van der Waals surface area contributed by atoms with Gasteiger partial charge in [-0.25, -0.2) is 9.38 Å². The zero-order valence-corrected chi connectivity index (χ0v) is 19.2. The van der Waals surface area contributed by atoms with Gasteiger partial charge in [-0.2, -0.15) is 0 Å². The Morgan fingerprint density at radius 2 is 1.63 bits per heavy atom. The molecule has 8 nitrogen and oxygen atoms in total. The van der Waals surface area contributed by atoms with Crippen LogP contribution < -0.4 is 15.6 Å². The molecule has 2 heterocycles. The lowest BCUT2D eigenvalue weighted by atomic mass is 10.1. The molecular formula is C27H22N4O4. The van der Waals surface area contributed by atoms with E-state index in [-0.39, 0.29) is 23.8 Å². The predicted molar refractivity (Wildman–Crippen MR) is 134 cm³/mol. The van der Waals surface area contributed by atoms with E-state index in [1.807, 2.05) is 36.4 Å². The van der Waals surface area contributed by atoms with Crippen LogP contribution in [0.4, 0.5) is 5.69 Å². The largest absolute Gasteiger partial charge is 0.497 e. The summed E-state index contributed by atoms with van der Waals surface area (Å²) < 4.78 is 8.45. The number of fused-ring (bicyclic) bond motifs is 3. The maximum Gasteiger partial charge on any atom is 0.260 e. The molecule has 1 N–H and O–H groups in total. The molecule has 0 saturated heterocycles. The Morgan fingerprint density at radius 1 is 0.943 bits per heavy atom. The molecule has 5 aromatic rings. The number of amides is 1.